The highest BCUT2D eigenvalue weighted by Crippen LogP contribution is 2.17. The maximum absolute atomic E-state index is 3.78. The van der Waals surface area contributed by atoms with Crippen molar-refractivity contribution in [3.05, 3.63) is 77.9 Å². The van der Waals surface area contributed by atoms with E-state index in [9.17, 15) is 0 Å². The molecule has 0 nitrogen and oxygen atoms in total. The lowest BCUT2D eigenvalue weighted by molar-refractivity contribution is 1.07. The average molecular weight is 238 g/mol. The smallest absolute Gasteiger partial charge is 0.0184 e. The molecule has 0 aliphatic rings. The molecule has 0 radical (unpaired) electrons. The van der Waals surface area contributed by atoms with E-state index >= 15 is 0 Å². The molecule has 0 heteroatoms. The van der Waals surface area contributed by atoms with Gasteiger partial charge in [-0.15, -0.1) is 0 Å². The molecular weight excluding hydrogens is 216 g/mol. The van der Waals surface area contributed by atoms with Crippen LogP contribution >= 0.6 is 0 Å². The van der Waals surface area contributed by atoms with Crippen LogP contribution in [0.1, 0.15) is 32.8 Å². The van der Waals surface area contributed by atoms with E-state index in [1.165, 1.54) is 22.3 Å². The van der Waals surface area contributed by atoms with Crippen molar-refractivity contribution in [2.45, 2.75) is 27.2 Å². The summed E-state index contributed by atoms with van der Waals surface area (Å²) >= 11 is 0. The van der Waals surface area contributed by atoms with Gasteiger partial charge in [-0.05, 0) is 31.4 Å². The minimum atomic E-state index is 1.10. The van der Waals surface area contributed by atoms with Crippen LogP contribution in [0.25, 0.3) is 5.57 Å². The summed E-state index contributed by atoms with van der Waals surface area (Å²) in [5.74, 6) is 0. The molecule has 0 N–H and O–H groups in total. The lowest BCUT2D eigenvalue weighted by Crippen LogP contribution is -1.82. The van der Waals surface area contributed by atoms with Crippen molar-refractivity contribution in [1.29, 1.82) is 0 Å². The highest BCUT2D eigenvalue weighted by Gasteiger charge is 1.96. The van der Waals surface area contributed by atoms with E-state index in [4.69, 9.17) is 0 Å². The monoisotopic (exact) mass is 238 g/mol. The van der Waals surface area contributed by atoms with Crippen molar-refractivity contribution in [3.63, 3.8) is 0 Å². The largest absolute Gasteiger partial charge is 0.0990 e. The molecule has 1 aromatic rings. The minimum Gasteiger partial charge on any atom is -0.0990 e. The molecule has 0 heterocycles. The Bertz CT molecular complexity index is 470. The molecule has 0 fully saturated rings. The normalized spacial score (nSPS) is 13.6. The molecule has 0 spiro atoms. The molecule has 1 aromatic carbocycles. The highest BCUT2D eigenvalue weighted by molar-refractivity contribution is 5.75. The van der Waals surface area contributed by atoms with Crippen LogP contribution in [0.5, 0.6) is 0 Å². The van der Waals surface area contributed by atoms with Gasteiger partial charge < -0.3 is 0 Å². The molecule has 94 valence electrons. The zero-order valence-corrected chi connectivity index (χ0v) is 11.6. The average Bonchev–Trinajstić information content (AvgIpc) is 2.43. The Morgan fingerprint density at radius 3 is 2.33 bits per heavy atom. The van der Waals surface area contributed by atoms with Gasteiger partial charge in [-0.3, -0.25) is 0 Å². The Balaban J connectivity index is 3.00. The van der Waals surface area contributed by atoms with Crippen molar-refractivity contribution in [2.75, 3.05) is 0 Å². The van der Waals surface area contributed by atoms with Crippen LogP contribution in [0, 0.1) is 0 Å². The lowest BCUT2D eigenvalue weighted by Gasteiger charge is -2.03. The second kappa shape index (κ2) is 7.50. The van der Waals surface area contributed by atoms with Gasteiger partial charge in [0.05, 0.1) is 0 Å². The molecule has 1 rings (SSSR count). The number of hydrogen-bond donors (Lipinski definition) is 0. The Hall–Kier alpha value is -1.82. The fourth-order valence-corrected chi connectivity index (χ4v) is 1.64. The first-order valence-electron chi connectivity index (χ1n) is 6.41. The third-order valence-corrected chi connectivity index (χ3v) is 3.12. The van der Waals surface area contributed by atoms with Crippen molar-refractivity contribution in [2.24, 2.45) is 0 Å². The van der Waals surface area contributed by atoms with E-state index in [2.05, 4.69) is 63.8 Å². The summed E-state index contributed by atoms with van der Waals surface area (Å²) in [7, 11) is 0. The molecule has 0 bridgehead atoms. The predicted molar refractivity (Wildman–Crippen MR) is 82.4 cm³/mol. The van der Waals surface area contributed by atoms with Crippen LogP contribution in [0.2, 0.25) is 0 Å². The van der Waals surface area contributed by atoms with Crippen molar-refractivity contribution < 1.29 is 0 Å². The van der Waals surface area contributed by atoms with Gasteiger partial charge in [0, 0.05) is 0 Å². The summed E-state index contributed by atoms with van der Waals surface area (Å²) in [6.07, 6.45) is 9.31. The highest BCUT2D eigenvalue weighted by atomic mass is 14.0. The summed E-state index contributed by atoms with van der Waals surface area (Å²) in [4.78, 5) is 0. The summed E-state index contributed by atoms with van der Waals surface area (Å²) in [5, 5.41) is 0. The van der Waals surface area contributed by atoms with Crippen LogP contribution < -0.4 is 0 Å². The second-order valence-corrected chi connectivity index (χ2v) is 4.37. The van der Waals surface area contributed by atoms with Crippen molar-refractivity contribution in [3.8, 4) is 0 Å². The molecular formula is C18H22. The zero-order valence-electron chi connectivity index (χ0n) is 11.6. The van der Waals surface area contributed by atoms with Crippen LogP contribution in [-0.4, -0.2) is 0 Å². The maximum Gasteiger partial charge on any atom is -0.0184 e. The van der Waals surface area contributed by atoms with Crippen LogP contribution in [0.4, 0.5) is 0 Å². The minimum absolute atomic E-state index is 1.10. The maximum atomic E-state index is 3.78. The number of benzene rings is 1. The van der Waals surface area contributed by atoms with Crippen LogP contribution in [-0.2, 0) is 0 Å². The first-order valence-corrected chi connectivity index (χ1v) is 6.41. The Morgan fingerprint density at radius 2 is 1.78 bits per heavy atom. The number of allylic oxidation sites excluding steroid dienone is 7. The zero-order chi connectivity index (χ0) is 13.4. The lowest BCUT2D eigenvalue weighted by atomic mass is 10.0. The van der Waals surface area contributed by atoms with Gasteiger partial charge in [0.2, 0.25) is 0 Å². The van der Waals surface area contributed by atoms with Gasteiger partial charge in [-0.2, -0.15) is 0 Å². The summed E-state index contributed by atoms with van der Waals surface area (Å²) < 4.78 is 0. The van der Waals surface area contributed by atoms with Gasteiger partial charge in [-0.25, -0.2) is 0 Å². The fraction of sp³-hybridized carbons (Fsp3) is 0.222. The van der Waals surface area contributed by atoms with E-state index in [0.29, 0.717) is 0 Å². The van der Waals surface area contributed by atoms with Crippen LogP contribution in [0.3, 0.4) is 0 Å². The van der Waals surface area contributed by atoms with Gasteiger partial charge in [0.25, 0.3) is 0 Å². The SMILES string of the molecule is C=CC=C(C=CC(C)=C(C)CC)c1ccccc1. The summed E-state index contributed by atoms with van der Waals surface area (Å²) in [5.41, 5.74) is 5.17. The predicted octanol–water partition coefficient (Wildman–Crippen LogP) is 5.56. The first kappa shape index (κ1) is 14.2. The third-order valence-electron chi connectivity index (χ3n) is 3.12. The van der Waals surface area contributed by atoms with Crippen LogP contribution in [0.15, 0.2) is 72.4 Å². The Kier molecular flexibility index (Phi) is 5.93. The molecule has 0 aliphatic carbocycles. The number of rotatable bonds is 5. The van der Waals surface area contributed by atoms with Crippen molar-refractivity contribution in [1.82, 2.24) is 0 Å². The second-order valence-electron chi connectivity index (χ2n) is 4.37. The Morgan fingerprint density at radius 1 is 1.11 bits per heavy atom. The van der Waals surface area contributed by atoms with Gasteiger partial charge in [0.1, 0.15) is 0 Å². The van der Waals surface area contributed by atoms with Gasteiger partial charge in [0.15, 0.2) is 0 Å². The molecule has 0 unspecified atom stereocenters. The Labute approximate surface area is 111 Å². The summed E-state index contributed by atoms with van der Waals surface area (Å²) in [6.45, 7) is 10.3. The fourth-order valence-electron chi connectivity index (χ4n) is 1.64. The number of hydrogen-bond acceptors (Lipinski definition) is 0. The van der Waals surface area contributed by atoms with E-state index in [0.717, 1.165) is 6.42 Å². The standard InChI is InChI=1S/C18H22/c1-5-10-17(18-11-8-7-9-12-18)14-13-16(4)15(3)6-2/h5,7-14H,1,6H2,2-4H3. The molecule has 0 amide bonds. The molecule has 0 aromatic heterocycles. The molecule has 0 saturated heterocycles. The summed E-state index contributed by atoms with van der Waals surface area (Å²) in [6, 6.07) is 10.4. The van der Waals surface area contributed by atoms with E-state index in [-0.39, 0.29) is 0 Å². The first-order chi connectivity index (χ1) is 8.69. The van der Waals surface area contributed by atoms with Gasteiger partial charge >= 0.3 is 0 Å². The van der Waals surface area contributed by atoms with E-state index in [1.807, 2.05) is 18.2 Å². The third kappa shape index (κ3) is 4.21. The van der Waals surface area contributed by atoms with E-state index in [1.54, 1.807) is 0 Å². The van der Waals surface area contributed by atoms with Crippen molar-refractivity contribution >= 4 is 5.57 Å². The molecule has 0 saturated carbocycles. The molecule has 0 aliphatic heterocycles. The topological polar surface area (TPSA) is 0 Å². The van der Waals surface area contributed by atoms with Gasteiger partial charge in [-0.1, -0.05) is 79.3 Å². The molecule has 0 atom stereocenters. The molecule has 18 heavy (non-hydrogen) atoms. The quantitative estimate of drug-likeness (QED) is 0.589. The van der Waals surface area contributed by atoms with E-state index < -0.39 is 0 Å².